The van der Waals surface area contributed by atoms with E-state index in [1.807, 2.05) is 56.3 Å². The highest BCUT2D eigenvalue weighted by Crippen LogP contribution is 2.20. The van der Waals surface area contributed by atoms with Crippen molar-refractivity contribution in [2.24, 2.45) is 5.73 Å². The van der Waals surface area contributed by atoms with Gasteiger partial charge in [-0.2, -0.15) is 0 Å². The zero-order valence-electron chi connectivity index (χ0n) is 10.7. The van der Waals surface area contributed by atoms with Crippen molar-refractivity contribution in [1.82, 2.24) is 4.98 Å². The van der Waals surface area contributed by atoms with Crippen LogP contribution in [-0.4, -0.2) is 4.98 Å². The van der Waals surface area contributed by atoms with E-state index in [9.17, 15) is 0 Å². The third-order valence-electron chi connectivity index (χ3n) is 2.85. The number of ether oxygens (including phenoxy) is 1. The smallest absolute Gasteiger partial charge is 0.213 e. The maximum Gasteiger partial charge on any atom is 0.213 e. The van der Waals surface area contributed by atoms with Crippen LogP contribution in [0.15, 0.2) is 48.7 Å². The molecule has 3 heteroatoms. The molecular formula is C15H18N2O. The lowest BCUT2D eigenvalue weighted by molar-refractivity contribution is 0.217. The molecule has 2 unspecified atom stereocenters. The Morgan fingerprint density at radius 1 is 1.00 bits per heavy atom. The first-order valence-corrected chi connectivity index (χ1v) is 6.10. The van der Waals surface area contributed by atoms with Crippen LogP contribution in [0.1, 0.15) is 37.1 Å². The largest absolute Gasteiger partial charge is 0.470 e. The predicted octanol–water partition coefficient (Wildman–Crippen LogP) is 3.24. The highest BCUT2D eigenvalue weighted by atomic mass is 16.5. The summed E-state index contributed by atoms with van der Waals surface area (Å²) in [5, 5.41) is 0. The molecule has 2 rings (SSSR count). The van der Waals surface area contributed by atoms with Crippen molar-refractivity contribution in [3.8, 4) is 5.88 Å². The molecule has 94 valence electrons. The average Bonchev–Trinajstić information content (AvgIpc) is 2.40. The molecule has 0 saturated carbocycles. The van der Waals surface area contributed by atoms with Gasteiger partial charge in [-0.1, -0.05) is 36.4 Å². The minimum Gasteiger partial charge on any atom is -0.470 e. The predicted molar refractivity (Wildman–Crippen MR) is 72.3 cm³/mol. The lowest BCUT2D eigenvalue weighted by atomic mass is 10.1. The van der Waals surface area contributed by atoms with Crippen LogP contribution in [0.2, 0.25) is 0 Å². The summed E-state index contributed by atoms with van der Waals surface area (Å²) in [5.41, 5.74) is 7.92. The van der Waals surface area contributed by atoms with Crippen LogP contribution in [0, 0.1) is 0 Å². The van der Waals surface area contributed by atoms with Crippen LogP contribution in [0.5, 0.6) is 5.88 Å². The summed E-state index contributed by atoms with van der Waals surface area (Å²) in [4.78, 5) is 4.26. The van der Waals surface area contributed by atoms with Gasteiger partial charge in [0.2, 0.25) is 5.88 Å². The van der Waals surface area contributed by atoms with Crippen LogP contribution >= 0.6 is 0 Å². The van der Waals surface area contributed by atoms with E-state index in [1.165, 1.54) is 0 Å². The second kappa shape index (κ2) is 5.65. The molecule has 0 amide bonds. The van der Waals surface area contributed by atoms with E-state index in [4.69, 9.17) is 10.5 Å². The SMILES string of the molecule is CC(N)c1ccc(OC(C)c2ccccc2)nc1. The molecule has 2 atom stereocenters. The van der Waals surface area contributed by atoms with Gasteiger partial charge in [0.25, 0.3) is 0 Å². The summed E-state index contributed by atoms with van der Waals surface area (Å²) in [6.07, 6.45) is 1.75. The summed E-state index contributed by atoms with van der Waals surface area (Å²) in [6.45, 7) is 3.95. The summed E-state index contributed by atoms with van der Waals surface area (Å²) >= 11 is 0. The normalized spacial score (nSPS) is 13.9. The van der Waals surface area contributed by atoms with Gasteiger partial charge >= 0.3 is 0 Å². The molecule has 2 aromatic rings. The van der Waals surface area contributed by atoms with Crippen LogP contribution in [0.25, 0.3) is 0 Å². The van der Waals surface area contributed by atoms with Gasteiger partial charge in [0.15, 0.2) is 0 Å². The van der Waals surface area contributed by atoms with Crippen molar-refractivity contribution in [1.29, 1.82) is 0 Å². The number of nitrogens with zero attached hydrogens (tertiary/aromatic N) is 1. The molecule has 0 fully saturated rings. The van der Waals surface area contributed by atoms with Gasteiger partial charge in [-0.05, 0) is 25.0 Å². The minimum absolute atomic E-state index is 0.00176. The number of rotatable bonds is 4. The lowest BCUT2D eigenvalue weighted by Crippen LogP contribution is -2.07. The number of hydrogen-bond donors (Lipinski definition) is 1. The van der Waals surface area contributed by atoms with E-state index >= 15 is 0 Å². The van der Waals surface area contributed by atoms with Gasteiger partial charge in [-0.25, -0.2) is 4.98 Å². The van der Waals surface area contributed by atoms with E-state index in [0.717, 1.165) is 11.1 Å². The third kappa shape index (κ3) is 3.08. The Hall–Kier alpha value is -1.87. The van der Waals surface area contributed by atoms with Crippen molar-refractivity contribution >= 4 is 0 Å². The van der Waals surface area contributed by atoms with Crippen molar-refractivity contribution in [2.75, 3.05) is 0 Å². The summed E-state index contributed by atoms with van der Waals surface area (Å²) < 4.78 is 5.78. The van der Waals surface area contributed by atoms with Crippen molar-refractivity contribution < 1.29 is 4.74 Å². The molecule has 1 heterocycles. The highest BCUT2D eigenvalue weighted by Gasteiger charge is 2.07. The maximum absolute atomic E-state index is 5.78. The van der Waals surface area contributed by atoms with E-state index in [0.29, 0.717) is 5.88 Å². The van der Waals surface area contributed by atoms with Gasteiger partial charge < -0.3 is 10.5 Å². The molecule has 1 aromatic heterocycles. The Morgan fingerprint density at radius 2 is 1.72 bits per heavy atom. The first-order valence-electron chi connectivity index (χ1n) is 6.10. The van der Waals surface area contributed by atoms with Gasteiger partial charge in [0, 0.05) is 18.3 Å². The van der Waals surface area contributed by atoms with E-state index < -0.39 is 0 Å². The van der Waals surface area contributed by atoms with Crippen LogP contribution < -0.4 is 10.5 Å². The number of aromatic nitrogens is 1. The molecule has 0 aliphatic heterocycles. The molecule has 0 bridgehead atoms. The molecule has 0 radical (unpaired) electrons. The van der Waals surface area contributed by atoms with E-state index in [1.54, 1.807) is 6.20 Å². The number of hydrogen-bond acceptors (Lipinski definition) is 3. The first-order chi connectivity index (χ1) is 8.66. The Kier molecular flexibility index (Phi) is 3.95. The van der Waals surface area contributed by atoms with Gasteiger partial charge in [-0.15, -0.1) is 0 Å². The summed E-state index contributed by atoms with van der Waals surface area (Å²) in [6, 6.07) is 13.9. The molecule has 0 saturated heterocycles. The minimum atomic E-state index is -0.0140. The Labute approximate surface area is 108 Å². The topological polar surface area (TPSA) is 48.1 Å². The van der Waals surface area contributed by atoms with Crippen LogP contribution in [0.3, 0.4) is 0 Å². The van der Waals surface area contributed by atoms with Crippen molar-refractivity contribution in [3.63, 3.8) is 0 Å². The van der Waals surface area contributed by atoms with Gasteiger partial charge in [0.05, 0.1) is 0 Å². The van der Waals surface area contributed by atoms with Gasteiger partial charge in [-0.3, -0.25) is 0 Å². The number of nitrogens with two attached hydrogens (primary N) is 1. The molecule has 2 N–H and O–H groups in total. The van der Waals surface area contributed by atoms with E-state index in [-0.39, 0.29) is 12.1 Å². The Balaban J connectivity index is 2.05. The Morgan fingerprint density at radius 3 is 2.28 bits per heavy atom. The third-order valence-corrected chi connectivity index (χ3v) is 2.85. The summed E-state index contributed by atoms with van der Waals surface area (Å²) in [7, 11) is 0. The first kappa shape index (κ1) is 12.6. The number of pyridine rings is 1. The van der Waals surface area contributed by atoms with Gasteiger partial charge in [0.1, 0.15) is 6.10 Å². The van der Waals surface area contributed by atoms with Crippen LogP contribution in [0.4, 0.5) is 0 Å². The zero-order valence-corrected chi connectivity index (χ0v) is 10.7. The fourth-order valence-corrected chi connectivity index (χ4v) is 1.70. The monoisotopic (exact) mass is 242 g/mol. The number of benzene rings is 1. The molecule has 0 aliphatic carbocycles. The second-order valence-corrected chi connectivity index (χ2v) is 4.39. The molecule has 3 nitrogen and oxygen atoms in total. The van der Waals surface area contributed by atoms with Crippen LogP contribution in [-0.2, 0) is 0 Å². The average molecular weight is 242 g/mol. The highest BCUT2D eigenvalue weighted by molar-refractivity contribution is 5.22. The van der Waals surface area contributed by atoms with Crippen molar-refractivity contribution in [3.05, 3.63) is 59.8 Å². The summed E-state index contributed by atoms with van der Waals surface area (Å²) in [5.74, 6) is 0.621. The standard InChI is InChI=1S/C15H18N2O/c1-11(16)14-8-9-15(17-10-14)18-12(2)13-6-4-3-5-7-13/h3-12H,16H2,1-2H3. The molecule has 0 aliphatic rings. The molecule has 18 heavy (non-hydrogen) atoms. The quantitative estimate of drug-likeness (QED) is 0.895. The maximum atomic E-state index is 5.78. The van der Waals surface area contributed by atoms with E-state index in [2.05, 4.69) is 4.98 Å². The fraction of sp³-hybridized carbons (Fsp3) is 0.267. The molecule has 1 aromatic carbocycles. The van der Waals surface area contributed by atoms with Crippen molar-refractivity contribution in [2.45, 2.75) is 26.0 Å². The second-order valence-electron chi connectivity index (χ2n) is 4.39. The Bertz CT molecular complexity index is 480. The zero-order chi connectivity index (χ0) is 13.0. The molecular weight excluding hydrogens is 224 g/mol. The fourth-order valence-electron chi connectivity index (χ4n) is 1.70. The molecule has 0 spiro atoms. The lowest BCUT2D eigenvalue weighted by Gasteiger charge is -2.14.